The monoisotopic (exact) mass is 568 g/mol. The number of nitrogens with zero attached hydrogens (tertiary/aromatic N) is 6. The molecule has 210 valence electrons. The molecular formula is C33H25FN8O. The average Bonchev–Trinajstić information content (AvgIpc) is 3.41. The van der Waals surface area contributed by atoms with Gasteiger partial charge in [0.25, 0.3) is 0 Å². The van der Waals surface area contributed by atoms with Gasteiger partial charge in [-0.1, -0.05) is 48.6 Å². The van der Waals surface area contributed by atoms with Crippen LogP contribution in [0.2, 0.25) is 0 Å². The van der Waals surface area contributed by atoms with Gasteiger partial charge in [0.15, 0.2) is 0 Å². The van der Waals surface area contributed by atoms with Crippen molar-refractivity contribution >= 4 is 45.4 Å². The Balaban J connectivity index is 1.15. The maximum atomic E-state index is 13.6. The third kappa shape index (κ3) is 6.64. The lowest BCUT2D eigenvalue weighted by atomic mass is 10.1. The number of para-hydroxylation sites is 1. The van der Waals surface area contributed by atoms with E-state index in [1.54, 1.807) is 30.6 Å². The number of aromatic nitrogens is 4. The molecule has 9 nitrogen and oxygen atoms in total. The number of halogens is 1. The van der Waals surface area contributed by atoms with Crippen molar-refractivity contribution in [3.63, 3.8) is 0 Å². The summed E-state index contributed by atoms with van der Waals surface area (Å²) in [4.78, 5) is 12.6. The normalized spacial score (nSPS) is 11.6. The maximum absolute atomic E-state index is 13.6. The third-order valence-electron chi connectivity index (χ3n) is 6.58. The fraction of sp³-hybridized carbons (Fsp3) is 0.0606. The minimum atomic E-state index is -0.263. The summed E-state index contributed by atoms with van der Waals surface area (Å²) in [6.45, 7) is 0.873. The molecule has 2 heterocycles. The molecule has 0 amide bonds. The van der Waals surface area contributed by atoms with Crippen LogP contribution in [0.25, 0.3) is 27.9 Å². The zero-order valence-corrected chi connectivity index (χ0v) is 22.9. The van der Waals surface area contributed by atoms with E-state index in [-0.39, 0.29) is 11.8 Å². The van der Waals surface area contributed by atoms with E-state index in [2.05, 4.69) is 30.7 Å². The molecule has 43 heavy (non-hydrogen) atoms. The molecule has 4 aromatic carbocycles. The fourth-order valence-electron chi connectivity index (χ4n) is 4.60. The Morgan fingerprint density at radius 3 is 2.77 bits per heavy atom. The SMILES string of the molecule is N#C/N=C(/NC/C=C/c1ccc2ncnc(Nc3ccc4c(cnn4Cc4cccc(F)c4)c3)c2c1)Oc1ccccc1. The number of hydrogen-bond donors (Lipinski definition) is 2. The van der Waals surface area contributed by atoms with Crippen LogP contribution in [0.4, 0.5) is 15.9 Å². The number of hydrogen-bond acceptors (Lipinski definition) is 7. The molecule has 6 rings (SSSR count). The standard InChI is InChI=1S/C33H25FN8O/c34-26-8-4-6-24(16-26)20-42-31-14-12-27(18-25(31)19-40-42)41-32-29-17-23(11-13-30(29)38-22-39-32)7-5-15-36-33(37-21-35)43-28-9-2-1-3-10-28/h1-14,16-19,22H,15,20H2,(H,36,37)(H,38,39,41)/b7-5+. The number of anilines is 2. The number of ether oxygens (including phenoxy) is 1. The van der Waals surface area contributed by atoms with Crippen LogP contribution in [0.5, 0.6) is 5.75 Å². The lowest BCUT2D eigenvalue weighted by molar-refractivity contribution is 0.522. The summed E-state index contributed by atoms with van der Waals surface area (Å²) >= 11 is 0. The molecule has 0 aliphatic rings. The van der Waals surface area contributed by atoms with Gasteiger partial charge in [-0.25, -0.2) is 14.4 Å². The van der Waals surface area contributed by atoms with Gasteiger partial charge in [0.2, 0.25) is 6.19 Å². The Hall–Kier alpha value is -6.08. The van der Waals surface area contributed by atoms with Crippen molar-refractivity contribution in [3.05, 3.63) is 127 Å². The fourth-order valence-corrected chi connectivity index (χ4v) is 4.60. The van der Waals surface area contributed by atoms with Gasteiger partial charge in [-0.15, -0.1) is 4.99 Å². The van der Waals surface area contributed by atoms with Crippen molar-refractivity contribution in [2.45, 2.75) is 6.54 Å². The molecule has 0 aliphatic heterocycles. The van der Waals surface area contributed by atoms with E-state index in [4.69, 9.17) is 10.00 Å². The highest BCUT2D eigenvalue weighted by Gasteiger charge is 2.09. The third-order valence-corrected chi connectivity index (χ3v) is 6.58. The molecule has 0 saturated heterocycles. The van der Waals surface area contributed by atoms with E-state index < -0.39 is 0 Å². The van der Waals surface area contributed by atoms with E-state index in [9.17, 15) is 4.39 Å². The molecule has 0 fully saturated rings. The number of nitrogens with one attached hydrogen (secondary N) is 2. The molecule has 0 spiro atoms. The Labute approximate surface area is 246 Å². The van der Waals surface area contributed by atoms with Gasteiger partial charge in [0.05, 0.1) is 23.8 Å². The quantitative estimate of drug-likeness (QED) is 0.124. The van der Waals surface area contributed by atoms with Gasteiger partial charge in [-0.05, 0) is 65.7 Å². The number of aliphatic imine (C=N–C) groups is 1. The summed E-state index contributed by atoms with van der Waals surface area (Å²) in [7, 11) is 0. The van der Waals surface area contributed by atoms with Crippen LogP contribution in [-0.2, 0) is 6.54 Å². The van der Waals surface area contributed by atoms with Crippen LogP contribution in [-0.4, -0.2) is 32.3 Å². The van der Waals surface area contributed by atoms with E-state index in [1.807, 2.05) is 77.5 Å². The number of nitriles is 1. The molecule has 0 aliphatic carbocycles. The molecule has 0 atom stereocenters. The van der Waals surface area contributed by atoms with Crippen molar-refractivity contribution in [2.24, 2.45) is 4.99 Å². The first kappa shape index (κ1) is 27.1. The number of benzene rings is 4. The van der Waals surface area contributed by atoms with Crippen molar-refractivity contribution in [1.29, 1.82) is 5.26 Å². The van der Waals surface area contributed by atoms with Gasteiger partial charge in [0.1, 0.15) is 23.7 Å². The Kier molecular flexibility index (Phi) is 7.95. The molecule has 0 radical (unpaired) electrons. The molecule has 0 unspecified atom stereocenters. The Morgan fingerprint density at radius 2 is 1.91 bits per heavy atom. The average molecular weight is 569 g/mol. The zero-order valence-electron chi connectivity index (χ0n) is 22.9. The Bertz CT molecular complexity index is 2000. The highest BCUT2D eigenvalue weighted by Crippen LogP contribution is 2.27. The summed E-state index contributed by atoms with van der Waals surface area (Å²) in [6.07, 6.45) is 8.95. The van der Waals surface area contributed by atoms with Crippen LogP contribution < -0.4 is 15.4 Å². The van der Waals surface area contributed by atoms with E-state index >= 15 is 0 Å². The summed E-state index contributed by atoms with van der Waals surface area (Å²) in [6, 6.07) is 27.7. The summed E-state index contributed by atoms with van der Waals surface area (Å²) < 4.78 is 21.1. The second-order valence-corrected chi connectivity index (χ2v) is 9.54. The molecule has 6 aromatic rings. The lowest BCUT2D eigenvalue weighted by Gasteiger charge is -2.10. The molecule has 0 saturated carbocycles. The number of amidine groups is 1. The van der Waals surface area contributed by atoms with Crippen LogP contribution in [0.15, 0.2) is 115 Å². The molecule has 0 bridgehead atoms. The minimum Gasteiger partial charge on any atom is -0.425 e. The van der Waals surface area contributed by atoms with Crippen molar-refractivity contribution in [1.82, 2.24) is 25.1 Å². The van der Waals surface area contributed by atoms with Gasteiger partial charge in [0, 0.05) is 23.0 Å². The largest absolute Gasteiger partial charge is 0.425 e. The highest BCUT2D eigenvalue weighted by molar-refractivity contribution is 5.93. The maximum Gasteiger partial charge on any atom is 0.305 e. The highest BCUT2D eigenvalue weighted by atomic mass is 19.1. The van der Waals surface area contributed by atoms with Crippen LogP contribution in [0.3, 0.4) is 0 Å². The summed E-state index contributed by atoms with van der Waals surface area (Å²) in [5.74, 6) is 0.990. The van der Waals surface area contributed by atoms with Gasteiger partial charge in [-0.2, -0.15) is 10.4 Å². The molecule has 10 heteroatoms. The molecular weight excluding hydrogens is 543 g/mol. The van der Waals surface area contributed by atoms with Crippen LogP contribution in [0.1, 0.15) is 11.1 Å². The summed E-state index contributed by atoms with van der Waals surface area (Å²) in [5.41, 5.74) is 4.39. The predicted octanol–water partition coefficient (Wildman–Crippen LogP) is 6.43. The van der Waals surface area contributed by atoms with Crippen molar-refractivity contribution < 1.29 is 9.13 Å². The van der Waals surface area contributed by atoms with Crippen molar-refractivity contribution in [2.75, 3.05) is 11.9 Å². The first-order chi connectivity index (χ1) is 21.1. The second kappa shape index (κ2) is 12.6. The van der Waals surface area contributed by atoms with Crippen LogP contribution in [0, 0.1) is 17.3 Å². The molecule has 2 N–H and O–H groups in total. The van der Waals surface area contributed by atoms with Gasteiger partial charge in [-0.3, -0.25) is 4.68 Å². The minimum absolute atomic E-state index is 0.119. The van der Waals surface area contributed by atoms with Gasteiger partial charge >= 0.3 is 6.02 Å². The zero-order chi connectivity index (χ0) is 29.4. The first-order valence-electron chi connectivity index (χ1n) is 13.5. The Morgan fingerprint density at radius 1 is 1.00 bits per heavy atom. The lowest BCUT2D eigenvalue weighted by Crippen LogP contribution is -2.28. The molecule has 2 aromatic heterocycles. The number of rotatable bonds is 8. The number of fused-ring (bicyclic) bond motifs is 2. The van der Waals surface area contributed by atoms with E-state index in [0.29, 0.717) is 24.7 Å². The smallest absolute Gasteiger partial charge is 0.305 e. The van der Waals surface area contributed by atoms with Crippen molar-refractivity contribution in [3.8, 4) is 11.9 Å². The first-order valence-corrected chi connectivity index (χ1v) is 13.5. The second-order valence-electron chi connectivity index (χ2n) is 9.54. The van der Waals surface area contributed by atoms with Gasteiger partial charge < -0.3 is 15.4 Å². The van der Waals surface area contributed by atoms with E-state index in [0.717, 1.165) is 38.6 Å². The topological polar surface area (TPSA) is 113 Å². The van der Waals surface area contributed by atoms with Crippen LogP contribution >= 0.6 is 0 Å². The predicted molar refractivity (Wildman–Crippen MR) is 165 cm³/mol. The summed E-state index contributed by atoms with van der Waals surface area (Å²) in [5, 5.41) is 21.7. The van der Waals surface area contributed by atoms with E-state index in [1.165, 1.54) is 18.5 Å².